The molecule has 0 fully saturated rings. The van der Waals surface area contributed by atoms with Gasteiger partial charge in [0.2, 0.25) is 0 Å². The summed E-state index contributed by atoms with van der Waals surface area (Å²) in [6.07, 6.45) is 0. The molecule has 0 spiro atoms. The summed E-state index contributed by atoms with van der Waals surface area (Å²) >= 11 is 0. The maximum Gasteiger partial charge on any atom is 0.160 e. The van der Waals surface area contributed by atoms with Crippen LogP contribution in [0.25, 0.3) is 33.9 Å². The summed E-state index contributed by atoms with van der Waals surface area (Å²) in [5, 5.41) is 9.18. The van der Waals surface area contributed by atoms with Crippen LogP contribution in [0.3, 0.4) is 0 Å². The predicted octanol–water partition coefficient (Wildman–Crippen LogP) is 5.35. The first-order valence-corrected chi connectivity index (χ1v) is 8.34. The van der Waals surface area contributed by atoms with Crippen LogP contribution in [0, 0.1) is 11.3 Å². The van der Waals surface area contributed by atoms with Crippen molar-refractivity contribution in [3.63, 3.8) is 0 Å². The molecule has 4 rings (SSSR count). The minimum absolute atomic E-state index is 0.595. The smallest absolute Gasteiger partial charge is 0.160 e. The van der Waals surface area contributed by atoms with Crippen LogP contribution in [-0.4, -0.2) is 9.97 Å². The van der Waals surface area contributed by atoms with E-state index in [0.29, 0.717) is 11.4 Å². The Kier molecular flexibility index (Phi) is 4.24. The zero-order valence-electron chi connectivity index (χ0n) is 14.0. The highest BCUT2D eigenvalue weighted by molar-refractivity contribution is 5.71. The summed E-state index contributed by atoms with van der Waals surface area (Å²) in [6.45, 7) is 0. The number of nitrogens with zero attached hydrogens (tertiary/aromatic N) is 3. The molecule has 0 aliphatic heterocycles. The molecule has 1 aromatic heterocycles. The number of nitriles is 1. The molecule has 0 saturated carbocycles. The van der Waals surface area contributed by atoms with Gasteiger partial charge in [0.25, 0.3) is 0 Å². The van der Waals surface area contributed by atoms with Gasteiger partial charge in [0.15, 0.2) is 5.82 Å². The predicted molar refractivity (Wildman–Crippen MR) is 103 cm³/mol. The van der Waals surface area contributed by atoms with E-state index in [-0.39, 0.29) is 0 Å². The van der Waals surface area contributed by atoms with Crippen molar-refractivity contribution in [1.29, 1.82) is 5.26 Å². The highest BCUT2D eigenvalue weighted by Gasteiger charge is 2.10. The maximum absolute atomic E-state index is 9.18. The molecule has 3 nitrogen and oxygen atoms in total. The van der Waals surface area contributed by atoms with Crippen molar-refractivity contribution in [2.75, 3.05) is 0 Å². The Morgan fingerprint density at radius 2 is 1.12 bits per heavy atom. The van der Waals surface area contributed by atoms with E-state index in [0.717, 1.165) is 28.1 Å². The second-order valence-corrected chi connectivity index (χ2v) is 5.89. The summed E-state index contributed by atoms with van der Waals surface area (Å²) in [7, 11) is 0. The minimum Gasteiger partial charge on any atom is -0.228 e. The van der Waals surface area contributed by atoms with Gasteiger partial charge in [-0.1, -0.05) is 72.8 Å². The van der Waals surface area contributed by atoms with E-state index in [9.17, 15) is 5.26 Å². The Labute approximate surface area is 152 Å². The monoisotopic (exact) mass is 333 g/mol. The minimum atomic E-state index is 0.595. The van der Waals surface area contributed by atoms with Crippen LogP contribution < -0.4 is 0 Å². The van der Waals surface area contributed by atoms with Gasteiger partial charge in [-0.15, -0.1) is 0 Å². The standard InChI is InChI=1S/C23H15N3/c24-16-17-8-7-13-20(14-17)23-25-21(18-9-3-1-4-10-18)15-22(26-23)19-11-5-2-6-12-19/h1-15H. The molecule has 0 amide bonds. The van der Waals surface area contributed by atoms with E-state index in [2.05, 4.69) is 6.07 Å². The van der Waals surface area contributed by atoms with Gasteiger partial charge in [-0.2, -0.15) is 5.26 Å². The van der Waals surface area contributed by atoms with Crippen molar-refractivity contribution in [2.24, 2.45) is 0 Å². The fourth-order valence-corrected chi connectivity index (χ4v) is 2.82. The van der Waals surface area contributed by atoms with Crippen LogP contribution in [-0.2, 0) is 0 Å². The maximum atomic E-state index is 9.18. The van der Waals surface area contributed by atoms with E-state index in [1.165, 1.54) is 0 Å². The summed E-state index contributed by atoms with van der Waals surface area (Å²) in [4.78, 5) is 9.51. The molecule has 4 aromatic rings. The van der Waals surface area contributed by atoms with Gasteiger partial charge >= 0.3 is 0 Å². The molecule has 122 valence electrons. The first kappa shape index (κ1) is 15.7. The average molecular weight is 333 g/mol. The second kappa shape index (κ2) is 7.00. The first-order chi connectivity index (χ1) is 12.8. The summed E-state index contributed by atoms with van der Waals surface area (Å²) < 4.78 is 0. The normalized spacial score (nSPS) is 10.3. The van der Waals surface area contributed by atoms with Crippen LogP contribution in [0.2, 0.25) is 0 Å². The van der Waals surface area contributed by atoms with Crippen molar-refractivity contribution in [2.45, 2.75) is 0 Å². The molecule has 0 N–H and O–H groups in total. The van der Waals surface area contributed by atoms with Crippen molar-refractivity contribution in [1.82, 2.24) is 9.97 Å². The topological polar surface area (TPSA) is 49.6 Å². The summed E-state index contributed by atoms with van der Waals surface area (Å²) in [5.74, 6) is 0.613. The molecule has 0 aliphatic rings. The number of benzene rings is 3. The van der Waals surface area contributed by atoms with Gasteiger partial charge in [-0.25, -0.2) is 9.97 Å². The third kappa shape index (κ3) is 3.22. The molecular formula is C23H15N3. The number of aromatic nitrogens is 2. The van der Waals surface area contributed by atoms with Gasteiger partial charge in [-0.3, -0.25) is 0 Å². The zero-order chi connectivity index (χ0) is 17.8. The second-order valence-electron chi connectivity index (χ2n) is 5.89. The fraction of sp³-hybridized carbons (Fsp3) is 0. The van der Waals surface area contributed by atoms with Crippen LogP contribution in [0.1, 0.15) is 5.56 Å². The van der Waals surface area contributed by atoms with Crippen LogP contribution in [0.15, 0.2) is 91.0 Å². The van der Waals surface area contributed by atoms with Crippen LogP contribution in [0.4, 0.5) is 0 Å². The number of hydrogen-bond acceptors (Lipinski definition) is 3. The Hall–Kier alpha value is -3.77. The molecular weight excluding hydrogens is 318 g/mol. The van der Waals surface area contributed by atoms with E-state index < -0.39 is 0 Å². The van der Waals surface area contributed by atoms with Crippen LogP contribution in [0.5, 0.6) is 0 Å². The van der Waals surface area contributed by atoms with E-state index in [1.54, 1.807) is 6.07 Å². The molecule has 3 aromatic carbocycles. The Morgan fingerprint density at radius 3 is 1.65 bits per heavy atom. The SMILES string of the molecule is N#Cc1cccc(-c2nc(-c3ccccc3)cc(-c3ccccc3)n2)c1. The largest absolute Gasteiger partial charge is 0.228 e. The van der Waals surface area contributed by atoms with Crippen LogP contribution >= 0.6 is 0 Å². The molecule has 0 radical (unpaired) electrons. The van der Waals surface area contributed by atoms with Gasteiger partial charge < -0.3 is 0 Å². The van der Waals surface area contributed by atoms with Crippen molar-refractivity contribution >= 4 is 0 Å². The molecule has 0 bridgehead atoms. The van der Waals surface area contributed by atoms with E-state index >= 15 is 0 Å². The van der Waals surface area contributed by atoms with Crippen molar-refractivity contribution < 1.29 is 0 Å². The fourth-order valence-electron chi connectivity index (χ4n) is 2.82. The first-order valence-electron chi connectivity index (χ1n) is 8.34. The zero-order valence-corrected chi connectivity index (χ0v) is 14.0. The summed E-state index contributed by atoms with van der Waals surface area (Å²) in [6, 6.07) is 31.7. The quantitative estimate of drug-likeness (QED) is 0.508. The molecule has 3 heteroatoms. The molecule has 26 heavy (non-hydrogen) atoms. The Bertz CT molecular complexity index is 1020. The van der Waals surface area contributed by atoms with Gasteiger partial charge in [-0.05, 0) is 18.2 Å². The average Bonchev–Trinajstić information content (AvgIpc) is 2.75. The lowest BCUT2D eigenvalue weighted by Gasteiger charge is -2.09. The molecule has 0 aliphatic carbocycles. The molecule has 0 unspecified atom stereocenters. The number of rotatable bonds is 3. The molecule has 0 saturated heterocycles. The lowest BCUT2D eigenvalue weighted by atomic mass is 10.1. The molecule has 1 heterocycles. The number of hydrogen-bond donors (Lipinski definition) is 0. The Morgan fingerprint density at radius 1 is 0.577 bits per heavy atom. The summed E-state index contributed by atoms with van der Waals surface area (Å²) in [5.41, 5.74) is 5.21. The third-order valence-electron chi connectivity index (χ3n) is 4.12. The lowest BCUT2D eigenvalue weighted by molar-refractivity contribution is 1.18. The lowest BCUT2D eigenvalue weighted by Crippen LogP contribution is -1.96. The van der Waals surface area contributed by atoms with Crippen molar-refractivity contribution in [3.05, 3.63) is 96.6 Å². The van der Waals surface area contributed by atoms with E-state index in [4.69, 9.17) is 9.97 Å². The van der Waals surface area contributed by atoms with Gasteiger partial charge in [0.1, 0.15) is 0 Å². The molecule has 0 atom stereocenters. The van der Waals surface area contributed by atoms with Gasteiger partial charge in [0, 0.05) is 16.7 Å². The van der Waals surface area contributed by atoms with E-state index in [1.807, 2.05) is 84.9 Å². The van der Waals surface area contributed by atoms with Crippen molar-refractivity contribution in [3.8, 4) is 40.0 Å². The Balaban J connectivity index is 1.92. The third-order valence-corrected chi connectivity index (χ3v) is 4.12. The highest BCUT2D eigenvalue weighted by atomic mass is 14.9. The highest BCUT2D eigenvalue weighted by Crippen LogP contribution is 2.27. The van der Waals surface area contributed by atoms with Gasteiger partial charge in [0.05, 0.1) is 23.0 Å².